The highest BCUT2D eigenvalue weighted by atomic mass is 16.5. The van der Waals surface area contributed by atoms with Crippen molar-refractivity contribution < 1.29 is 14.3 Å². The van der Waals surface area contributed by atoms with Gasteiger partial charge in [0.15, 0.2) is 0 Å². The first-order chi connectivity index (χ1) is 14.2. The van der Waals surface area contributed by atoms with E-state index in [9.17, 15) is 9.59 Å². The molecule has 2 aromatic rings. The molecule has 0 heterocycles. The zero-order chi connectivity index (χ0) is 20.6. The fourth-order valence-electron chi connectivity index (χ4n) is 4.21. The average Bonchev–Trinajstić information content (AvgIpc) is 3.09. The number of carbonyl (C=O) groups excluding carboxylic acids is 2. The molecule has 1 amide bonds. The zero-order valence-corrected chi connectivity index (χ0v) is 17.4. The largest absolute Gasteiger partial charge is 0.467 e. The van der Waals surface area contributed by atoms with Crippen molar-refractivity contribution in [2.24, 2.45) is 0 Å². The Bertz CT molecular complexity index is 800. The molecule has 1 atom stereocenters. The molecule has 0 bridgehead atoms. The summed E-state index contributed by atoms with van der Waals surface area (Å²) in [5, 5.41) is 2.98. The van der Waals surface area contributed by atoms with Gasteiger partial charge in [-0.1, -0.05) is 94.0 Å². The standard InChI is InChI=1S/C25H31NO3/c1-3-4-5-6-7-8-17-22(25(28)29-2)26-24(27)23-20-15-11-9-13-18(20)19-14-10-12-16-21(19)23/h9-16,22-23H,3-8,17H2,1-2H3,(H,26,27)/t22-/m0/s1. The Hall–Kier alpha value is -2.62. The summed E-state index contributed by atoms with van der Waals surface area (Å²) in [4.78, 5) is 25.5. The lowest BCUT2D eigenvalue weighted by atomic mass is 9.95. The Morgan fingerprint density at radius 2 is 1.45 bits per heavy atom. The van der Waals surface area contributed by atoms with Gasteiger partial charge in [0, 0.05) is 0 Å². The van der Waals surface area contributed by atoms with Gasteiger partial charge >= 0.3 is 5.97 Å². The van der Waals surface area contributed by atoms with Crippen LogP contribution in [0.5, 0.6) is 0 Å². The Balaban J connectivity index is 1.70. The Morgan fingerprint density at radius 3 is 2.03 bits per heavy atom. The van der Waals surface area contributed by atoms with Crippen LogP contribution in [0.1, 0.15) is 68.9 Å². The summed E-state index contributed by atoms with van der Waals surface area (Å²) in [7, 11) is 1.38. The second kappa shape index (κ2) is 10.2. The Kier molecular flexibility index (Phi) is 7.45. The maximum Gasteiger partial charge on any atom is 0.328 e. The number of fused-ring (bicyclic) bond motifs is 3. The third kappa shape index (κ3) is 4.87. The summed E-state index contributed by atoms with van der Waals surface area (Å²) in [6.45, 7) is 2.20. The molecule has 0 radical (unpaired) electrons. The summed E-state index contributed by atoms with van der Waals surface area (Å²) in [5.74, 6) is -0.894. The molecule has 0 saturated carbocycles. The van der Waals surface area contributed by atoms with Crippen LogP contribution in [0.2, 0.25) is 0 Å². The van der Waals surface area contributed by atoms with Gasteiger partial charge in [-0.15, -0.1) is 0 Å². The lowest BCUT2D eigenvalue weighted by molar-refractivity contribution is -0.145. The number of amides is 1. The summed E-state index contributed by atoms with van der Waals surface area (Å²) in [6, 6.07) is 15.4. The van der Waals surface area contributed by atoms with Crippen molar-refractivity contribution in [3.63, 3.8) is 0 Å². The van der Waals surface area contributed by atoms with Crippen LogP contribution in [0.4, 0.5) is 0 Å². The van der Waals surface area contributed by atoms with Gasteiger partial charge in [-0.2, -0.15) is 0 Å². The van der Waals surface area contributed by atoms with Crippen molar-refractivity contribution >= 4 is 11.9 Å². The van der Waals surface area contributed by atoms with E-state index in [4.69, 9.17) is 4.74 Å². The topological polar surface area (TPSA) is 55.4 Å². The zero-order valence-electron chi connectivity index (χ0n) is 17.4. The van der Waals surface area contributed by atoms with Crippen molar-refractivity contribution in [1.29, 1.82) is 0 Å². The summed E-state index contributed by atoms with van der Waals surface area (Å²) >= 11 is 0. The van der Waals surface area contributed by atoms with Gasteiger partial charge in [-0.05, 0) is 28.7 Å². The average molecular weight is 394 g/mol. The lowest BCUT2D eigenvalue weighted by Gasteiger charge is -2.20. The van der Waals surface area contributed by atoms with E-state index >= 15 is 0 Å². The molecule has 1 aliphatic carbocycles. The molecular formula is C25H31NO3. The number of hydrogen-bond donors (Lipinski definition) is 1. The van der Waals surface area contributed by atoms with E-state index in [1.54, 1.807) is 0 Å². The van der Waals surface area contributed by atoms with Gasteiger partial charge in [0.2, 0.25) is 5.91 Å². The molecule has 0 spiro atoms. The second-order valence-corrected chi connectivity index (χ2v) is 7.75. The van der Waals surface area contributed by atoms with Gasteiger partial charge in [-0.25, -0.2) is 4.79 Å². The Morgan fingerprint density at radius 1 is 0.897 bits per heavy atom. The molecule has 4 nitrogen and oxygen atoms in total. The second-order valence-electron chi connectivity index (χ2n) is 7.75. The van der Waals surface area contributed by atoms with Crippen LogP contribution in [0.3, 0.4) is 0 Å². The van der Waals surface area contributed by atoms with E-state index in [-0.39, 0.29) is 17.8 Å². The van der Waals surface area contributed by atoms with Crippen LogP contribution >= 0.6 is 0 Å². The summed E-state index contributed by atoms with van der Waals surface area (Å²) in [5.41, 5.74) is 4.17. The van der Waals surface area contributed by atoms with Gasteiger partial charge in [0.1, 0.15) is 6.04 Å². The fraction of sp³-hybridized carbons (Fsp3) is 0.440. The van der Waals surface area contributed by atoms with E-state index in [0.717, 1.165) is 35.1 Å². The molecule has 0 saturated heterocycles. The highest BCUT2D eigenvalue weighted by Crippen LogP contribution is 2.44. The monoisotopic (exact) mass is 393 g/mol. The number of hydrogen-bond acceptors (Lipinski definition) is 3. The third-order valence-electron chi connectivity index (χ3n) is 5.74. The number of benzene rings is 2. The van der Waals surface area contributed by atoms with E-state index < -0.39 is 6.04 Å². The number of unbranched alkanes of at least 4 members (excludes halogenated alkanes) is 5. The molecule has 3 rings (SSSR count). The highest BCUT2D eigenvalue weighted by Gasteiger charge is 2.35. The molecule has 1 N–H and O–H groups in total. The van der Waals surface area contributed by atoms with Gasteiger partial charge < -0.3 is 10.1 Å². The predicted octanol–water partition coefficient (Wildman–Crippen LogP) is 5.21. The quantitative estimate of drug-likeness (QED) is 0.445. The van der Waals surface area contributed by atoms with Crippen LogP contribution in [0, 0.1) is 0 Å². The minimum absolute atomic E-state index is 0.135. The van der Waals surface area contributed by atoms with Crippen LogP contribution in [-0.2, 0) is 14.3 Å². The van der Waals surface area contributed by atoms with E-state index in [0.29, 0.717) is 6.42 Å². The molecule has 0 aliphatic heterocycles. The summed E-state index contributed by atoms with van der Waals surface area (Å²) in [6.07, 6.45) is 7.43. The van der Waals surface area contributed by atoms with Crippen LogP contribution in [0.25, 0.3) is 11.1 Å². The molecule has 2 aromatic carbocycles. The number of nitrogens with one attached hydrogen (secondary N) is 1. The Labute approximate surface area is 173 Å². The number of methoxy groups -OCH3 is 1. The van der Waals surface area contributed by atoms with Crippen molar-refractivity contribution in [2.45, 2.75) is 63.8 Å². The maximum absolute atomic E-state index is 13.3. The first-order valence-electron chi connectivity index (χ1n) is 10.7. The molecule has 29 heavy (non-hydrogen) atoms. The van der Waals surface area contributed by atoms with Gasteiger partial charge in [0.05, 0.1) is 13.0 Å². The molecule has 0 fully saturated rings. The number of ether oxygens (including phenoxy) is 1. The first-order valence-corrected chi connectivity index (χ1v) is 10.7. The summed E-state index contributed by atoms with van der Waals surface area (Å²) < 4.78 is 4.96. The minimum atomic E-state index is -0.599. The van der Waals surface area contributed by atoms with Gasteiger partial charge in [0.25, 0.3) is 0 Å². The lowest BCUT2D eigenvalue weighted by Crippen LogP contribution is -2.43. The smallest absolute Gasteiger partial charge is 0.328 e. The van der Waals surface area contributed by atoms with E-state index in [1.165, 1.54) is 32.8 Å². The minimum Gasteiger partial charge on any atom is -0.467 e. The normalized spacial score (nSPS) is 13.4. The first kappa shape index (κ1) is 21.1. The number of carbonyl (C=O) groups is 2. The van der Waals surface area contributed by atoms with E-state index in [2.05, 4.69) is 24.4 Å². The van der Waals surface area contributed by atoms with Crippen molar-refractivity contribution in [1.82, 2.24) is 5.32 Å². The van der Waals surface area contributed by atoms with Crippen molar-refractivity contribution in [3.05, 3.63) is 59.7 Å². The van der Waals surface area contributed by atoms with Gasteiger partial charge in [-0.3, -0.25) is 4.79 Å². The van der Waals surface area contributed by atoms with Crippen LogP contribution in [0.15, 0.2) is 48.5 Å². The molecule has 0 aromatic heterocycles. The van der Waals surface area contributed by atoms with E-state index in [1.807, 2.05) is 36.4 Å². The number of esters is 1. The van der Waals surface area contributed by atoms with Crippen LogP contribution in [-0.4, -0.2) is 25.0 Å². The molecule has 4 heteroatoms. The fourth-order valence-corrected chi connectivity index (χ4v) is 4.21. The SMILES string of the molecule is CCCCCCCC[C@H](NC(=O)C1c2ccccc2-c2ccccc21)C(=O)OC. The molecule has 0 unspecified atom stereocenters. The van der Waals surface area contributed by atoms with Crippen molar-refractivity contribution in [2.75, 3.05) is 7.11 Å². The molecule has 154 valence electrons. The van der Waals surface area contributed by atoms with Crippen LogP contribution < -0.4 is 5.32 Å². The highest BCUT2D eigenvalue weighted by molar-refractivity contribution is 5.97. The van der Waals surface area contributed by atoms with Crippen molar-refractivity contribution in [3.8, 4) is 11.1 Å². The predicted molar refractivity (Wildman–Crippen MR) is 116 cm³/mol. The molecule has 1 aliphatic rings. The molecular weight excluding hydrogens is 362 g/mol. The third-order valence-corrected chi connectivity index (χ3v) is 5.74. The maximum atomic E-state index is 13.3. The number of rotatable bonds is 10.